The molecule has 0 unspecified atom stereocenters. The van der Waals surface area contributed by atoms with Crippen molar-refractivity contribution in [3.8, 4) is 50.6 Å². The van der Waals surface area contributed by atoms with Gasteiger partial charge in [-0.1, -0.05) is 109 Å². The van der Waals surface area contributed by atoms with Crippen LogP contribution in [0.15, 0.2) is 156 Å². The van der Waals surface area contributed by atoms with Crippen LogP contribution in [0.25, 0.3) is 86.6 Å². The first kappa shape index (κ1) is 26.5. The number of fused-ring (bicyclic) bond motifs is 6. The second kappa shape index (κ2) is 10.6. The molecule has 7 aromatic carbocycles. The number of para-hydroxylation sites is 1. The van der Waals surface area contributed by atoms with E-state index < -0.39 is 0 Å². The summed E-state index contributed by atoms with van der Waals surface area (Å²) in [6.45, 7) is 0. The van der Waals surface area contributed by atoms with Crippen molar-refractivity contribution >= 4 is 53.4 Å². The van der Waals surface area contributed by atoms with Gasteiger partial charge in [0.2, 0.25) is 0 Å². The van der Waals surface area contributed by atoms with Gasteiger partial charge < -0.3 is 4.42 Å². The minimum absolute atomic E-state index is 0.664. The van der Waals surface area contributed by atoms with Crippen molar-refractivity contribution in [2.75, 3.05) is 0 Å². The predicted molar refractivity (Wildman–Crippen MR) is 193 cm³/mol. The molecule has 0 saturated carbocycles. The summed E-state index contributed by atoms with van der Waals surface area (Å²) in [5.41, 5.74) is 11.2. The van der Waals surface area contributed by atoms with Gasteiger partial charge in [-0.05, 0) is 81.4 Å². The quantitative estimate of drug-likeness (QED) is 0.201. The van der Waals surface area contributed by atoms with E-state index >= 15 is 0 Å². The van der Waals surface area contributed by atoms with E-state index in [4.69, 9.17) is 4.42 Å². The van der Waals surface area contributed by atoms with E-state index in [1.54, 1.807) is 0 Å². The van der Waals surface area contributed by atoms with Crippen molar-refractivity contribution in [1.29, 1.82) is 5.26 Å². The summed E-state index contributed by atoms with van der Waals surface area (Å²) in [5.74, 6) is 0. The van der Waals surface area contributed by atoms with Gasteiger partial charge in [-0.3, -0.25) is 0 Å². The molecule has 2 nitrogen and oxygen atoms in total. The monoisotopic (exact) mass is 603 g/mol. The molecule has 0 bridgehead atoms. The molecule has 0 aliphatic rings. The molecule has 0 aliphatic heterocycles. The van der Waals surface area contributed by atoms with Gasteiger partial charge in [0.15, 0.2) is 0 Å². The summed E-state index contributed by atoms with van der Waals surface area (Å²) in [7, 11) is 0. The Labute approximate surface area is 270 Å². The third-order valence-electron chi connectivity index (χ3n) is 8.97. The van der Waals surface area contributed by atoms with E-state index in [1.165, 1.54) is 25.7 Å². The molecule has 0 radical (unpaired) electrons. The first-order chi connectivity index (χ1) is 22.7. The van der Waals surface area contributed by atoms with Crippen molar-refractivity contribution in [2.24, 2.45) is 0 Å². The first-order valence-electron chi connectivity index (χ1n) is 15.3. The lowest BCUT2D eigenvalue weighted by Gasteiger charge is -2.17. The molecular formula is C43H25NOS. The van der Waals surface area contributed by atoms with Crippen LogP contribution in [-0.4, -0.2) is 0 Å². The zero-order valence-electron chi connectivity index (χ0n) is 24.7. The van der Waals surface area contributed by atoms with Crippen LogP contribution >= 0.6 is 11.3 Å². The van der Waals surface area contributed by atoms with Crippen molar-refractivity contribution < 1.29 is 4.42 Å². The maximum atomic E-state index is 10.0. The van der Waals surface area contributed by atoms with Gasteiger partial charge in [0.1, 0.15) is 11.2 Å². The molecule has 46 heavy (non-hydrogen) atoms. The molecule has 0 amide bonds. The summed E-state index contributed by atoms with van der Waals surface area (Å²) in [6, 6.07) is 55.6. The minimum atomic E-state index is 0.664. The Morgan fingerprint density at radius 1 is 0.413 bits per heavy atom. The van der Waals surface area contributed by atoms with Crippen LogP contribution < -0.4 is 0 Å². The molecule has 9 rings (SSSR count). The predicted octanol–water partition coefficient (Wildman–Crippen LogP) is 12.5. The summed E-state index contributed by atoms with van der Waals surface area (Å²) in [6.07, 6.45) is 0. The molecule has 9 aromatic rings. The molecule has 0 saturated heterocycles. The van der Waals surface area contributed by atoms with Crippen LogP contribution in [0.5, 0.6) is 0 Å². The minimum Gasteiger partial charge on any atom is -0.456 e. The highest BCUT2D eigenvalue weighted by Gasteiger charge is 2.17. The molecule has 0 aliphatic carbocycles. The summed E-state index contributed by atoms with van der Waals surface area (Å²) in [4.78, 5) is 0. The number of benzene rings is 7. The fourth-order valence-corrected chi connectivity index (χ4v) is 7.91. The van der Waals surface area contributed by atoms with Gasteiger partial charge in [-0.2, -0.15) is 5.26 Å². The van der Waals surface area contributed by atoms with Gasteiger partial charge in [-0.15, -0.1) is 11.3 Å². The van der Waals surface area contributed by atoms with Crippen LogP contribution in [0.2, 0.25) is 0 Å². The van der Waals surface area contributed by atoms with Gasteiger partial charge in [0, 0.05) is 36.5 Å². The SMILES string of the molecule is N#Cc1ccccc1-c1ccccc1-c1cc(-c2ccc3oc4ccccc4c3c2)ccc1-c1ccc2c(c1)sc1ccccc12. The Morgan fingerprint density at radius 3 is 1.91 bits per heavy atom. The van der Waals surface area contributed by atoms with Gasteiger partial charge >= 0.3 is 0 Å². The van der Waals surface area contributed by atoms with E-state index in [0.29, 0.717) is 5.56 Å². The number of hydrogen-bond acceptors (Lipinski definition) is 3. The molecule has 214 valence electrons. The number of rotatable bonds is 4. The molecule has 3 heteroatoms. The second-order valence-corrected chi connectivity index (χ2v) is 12.7. The fourth-order valence-electron chi connectivity index (χ4n) is 6.77. The number of nitrogens with zero attached hydrogens (tertiary/aromatic N) is 1. The Morgan fingerprint density at radius 2 is 1.04 bits per heavy atom. The van der Waals surface area contributed by atoms with Gasteiger partial charge in [-0.25, -0.2) is 0 Å². The molecule has 2 heterocycles. The van der Waals surface area contributed by atoms with Crippen LogP contribution in [-0.2, 0) is 0 Å². The highest BCUT2D eigenvalue weighted by atomic mass is 32.1. The van der Waals surface area contributed by atoms with E-state index in [-0.39, 0.29) is 0 Å². The highest BCUT2D eigenvalue weighted by Crippen LogP contribution is 2.44. The standard InChI is InChI=1S/C43H25NOS/c44-26-30-9-1-2-10-31(30)33-11-3-4-12-34(33)38-23-27(28-19-22-41-39(24-28)35-13-5-7-15-40(35)45-41)17-20-32(38)29-18-21-37-36-14-6-8-16-42(36)46-43(37)25-29/h1-25H. The summed E-state index contributed by atoms with van der Waals surface area (Å²) < 4.78 is 8.70. The second-order valence-electron chi connectivity index (χ2n) is 11.6. The van der Waals surface area contributed by atoms with Crippen molar-refractivity contribution in [3.63, 3.8) is 0 Å². The Hall–Kier alpha value is -5.95. The van der Waals surface area contributed by atoms with E-state index in [9.17, 15) is 5.26 Å². The van der Waals surface area contributed by atoms with Crippen LogP contribution in [0.3, 0.4) is 0 Å². The molecule has 0 N–H and O–H groups in total. The van der Waals surface area contributed by atoms with Crippen molar-refractivity contribution in [2.45, 2.75) is 0 Å². The first-order valence-corrected chi connectivity index (χ1v) is 16.1. The van der Waals surface area contributed by atoms with Crippen LogP contribution in [0, 0.1) is 11.3 Å². The summed E-state index contributed by atoms with van der Waals surface area (Å²) >= 11 is 1.84. The van der Waals surface area contributed by atoms with Gasteiger partial charge in [0.05, 0.1) is 11.6 Å². The van der Waals surface area contributed by atoms with Crippen LogP contribution in [0.1, 0.15) is 5.56 Å². The third kappa shape index (κ3) is 4.24. The van der Waals surface area contributed by atoms with Crippen molar-refractivity contribution in [3.05, 3.63) is 157 Å². The molecular weight excluding hydrogens is 579 g/mol. The maximum Gasteiger partial charge on any atom is 0.135 e. The molecule has 2 aromatic heterocycles. The number of furan rings is 1. The number of hydrogen-bond donors (Lipinski definition) is 0. The van der Waals surface area contributed by atoms with E-state index in [0.717, 1.165) is 60.9 Å². The fraction of sp³-hybridized carbons (Fsp3) is 0. The lowest BCUT2D eigenvalue weighted by molar-refractivity contribution is 0.669. The number of nitriles is 1. The molecule has 0 atom stereocenters. The van der Waals surface area contributed by atoms with Gasteiger partial charge in [0.25, 0.3) is 0 Å². The largest absolute Gasteiger partial charge is 0.456 e. The smallest absolute Gasteiger partial charge is 0.135 e. The Balaban J connectivity index is 1.29. The van der Waals surface area contributed by atoms with Crippen LogP contribution in [0.4, 0.5) is 0 Å². The van der Waals surface area contributed by atoms with E-state index in [1.807, 2.05) is 47.7 Å². The lowest BCUT2D eigenvalue weighted by atomic mass is 9.86. The van der Waals surface area contributed by atoms with Crippen molar-refractivity contribution in [1.82, 2.24) is 0 Å². The van der Waals surface area contributed by atoms with E-state index in [2.05, 4.69) is 121 Å². The normalized spacial score (nSPS) is 11.5. The zero-order chi connectivity index (χ0) is 30.6. The molecule has 0 fully saturated rings. The third-order valence-corrected chi connectivity index (χ3v) is 10.1. The summed E-state index contributed by atoms with van der Waals surface area (Å²) in [5, 5.41) is 14.8. The highest BCUT2D eigenvalue weighted by molar-refractivity contribution is 7.25. The lowest BCUT2D eigenvalue weighted by Crippen LogP contribution is -1.92. The zero-order valence-corrected chi connectivity index (χ0v) is 25.5. The Kier molecular flexibility index (Phi) is 6.09. The topological polar surface area (TPSA) is 36.9 Å². The maximum absolute atomic E-state index is 10.0. The average molecular weight is 604 g/mol. The Bertz CT molecular complexity index is 2670. The average Bonchev–Trinajstić information content (AvgIpc) is 3.69. The molecule has 0 spiro atoms. The number of thiophene rings is 1.